The van der Waals surface area contributed by atoms with Gasteiger partial charge in [0.2, 0.25) is 0 Å². The molecule has 0 spiro atoms. The molecule has 0 fully saturated rings. The van der Waals surface area contributed by atoms with Gasteiger partial charge in [-0.1, -0.05) is 27.7 Å². The van der Waals surface area contributed by atoms with Gasteiger partial charge in [0, 0.05) is 24.6 Å². The molecule has 0 aliphatic rings. The summed E-state index contributed by atoms with van der Waals surface area (Å²) in [6.45, 7) is 14.7. The molecule has 0 saturated heterocycles. The highest BCUT2D eigenvalue weighted by molar-refractivity contribution is 4.83. The van der Waals surface area contributed by atoms with E-state index in [9.17, 15) is 5.11 Å². The van der Waals surface area contributed by atoms with E-state index in [0.29, 0.717) is 12.0 Å². The van der Waals surface area contributed by atoms with Gasteiger partial charge in [0.25, 0.3) is 0 Å². The molecule has 0 aromatic carbocycles. The van der Waals surface area contributed by atoms with Crippen LogP contribution in [-0.4, -0.2) is 37.0 Å². The summed E-state index contributed by atoms with van der Waals surface area (Å²) in [4.78, 5) is 0. The largest absolute Gasteiger partial charge is 0.392 e. The second-order valence-corrected chi connectivity index (χ2v) is 5.62. The van der Waals surface area contributed by atoms with Gasteiger partial charge in [-0.15, -0.1) is 0 Å². The molecule has 0 radical (unpaired) electrons. The van der Waals surface area contributed by atoms with E-state index in [0.717, 1.165) is 19.8 Å². The van der Waals surface area contributed by atoms with Gasteiger partial charge < -0.3 is 15.2 Å². The maximum absolute atomic E-state index is 10.1. The van der Waals surface area contributed by atoms with E-state index in [1.54, 1.807) is 0 Å². The maximum atomic E-state index is 10.1. The summed E-state index contributed by atoms with van der Waals surface area (Å²) in [5.41, 5.74) is -0.103. The van der Waals surface area contributed by atoms with E-state index in [4.69, 9.17) is 4.74 Å². The van der Waals surface area contributed by atoms with Crippen LogP contribution < -0.4 is 5.32 Å². The van der Waals surface area contributed by atoms with Crippen LogP contribution in [0, 0.1) is 11.3 Å². The van der Waals surface area contributed by atoms with E-state index >= 15 is 0 Å². The zero-order valence-electron chi connectivity index (χ0n) is 11.7. The van der Waals surface area contributed by atoms with Gasteiger partial charge in [0.05, 0.1) is 12.7 Å². The fourth-order valence-corrected chi connectivity index (χ4v) is 1.80. The summed E-state index contributed by atoms with van der Waals surface area (Å²) >= 11 is 0. The van der Waals surface area contributed by atoms with Crippen molar-refractivity contribution in [3.8, 4) is 0 Å². The first-order chi connectivity index (χ1) is 7.31. The lowest BCUT2D eigenvalue weighted by atomic mass is 9.80. The van der Waals surface area contributed by atoms with Crippen molar-refractivity contribution in [3.63, 3.8) is 0 Å². The van der Waals surface area contributed by atoms with E-state index in [1.165, 1.54) is 0 Å². The Morgan fingerprint density at radius 2 is 1.81 bits per heavy atom. The first-order valence-corrected chi connectivity index (χ1v) is 6.30. The maximum Gasteiger partial charge on any atom is 0.0626 e. The summed E-state index contributed by atoms with van der Waals surface area (Å²) in [5.74, 6) is 0.291. The monoisotopic (exact) mass is 231 g/mol. The van der Waals surface area contributed by atoms with Crippen LogP contribution in [0.2, 0.25) is 0 Å². The summed E-state index contributed by atoms with van der Waals surface area (Å²) in [6, 6.07) is 0.332. The Labute approximate surface area is 101 Å². The molecule has 3 nitrogen and oxygen atoms in total. The normalized spacial score (nSPS) is 16.5. The molecule has 0 aromatic heterocycles. The summed E-state index contributed by atoms with van der Waals surface area (Å²) < 4.78 is 5.34. The third-order valence-electron chi connectivity index (χ3n) is 2.91. The van der Waals surface area contributed by atoms with Crippen LogP contribution in [0.4, 0.5) is 0 Å². The number of aliphatic hydroxyl groups excluding tert-OH is 1. The van der Waals surface area contributed by atoms with E-state index in [-0.39, 0.29) is 11.5 Å². The molecular formula is C13H29NO2. The van der Waals surface area contributed by atoms with Crippen LogP contribution in [-0.2, 0) is 4.74 Å². The number of nitrogens with one attached hydrogen (secondary N) is 1. The molecule has 98 valence electrons. The van der Waals surface area contributed by atoms with Gasteiger partial charge in [-0.2, -0.15) is 0 Å². The Hall–Kier alpha value is -0.120. The highest BCUT2D eigenvalue weighted by Gasteiger charge is 2.30. The average Bonchev–Trinajstić information content (AvgIpc) is 2.22. The minimum atomic E-state index is -0.278. The Bertz CT molecular complexity index is 181. The summed E-state index contributed by atoms with van der Waals surface area (Å²) in [6.07, 6.45) is -0.278. The molecule has 0 aliphatic heterocycles. The molecule has 16 heavy (non-hydrogen) atoms. The molecular weight excluding hydrogens is 202 g/mol. The minimum absolute atomic E-state index is 0.103. The molecule has 2 N–H and O–H groups in total. The van der Waals surface area contributed by atoms with Gasteiger partial charge >= 0.3 is 0 Å². The second-order valence-electron chi connectivity index (χ2n) is 5.62. The van der Waals surface area contributed by atoms with Gasteiger partial charge in [0.15, 0.2) is 0 Å². The van der Waals surface area contributed by atoms with Gasteiger partial charge in [-0.25, -0.2) is 0 Å². The predicted octanol–water partition coefficient (Wildman–Crippen LogP) is 2.04. The highest BCUT2D eigenvalue weighted by Crippen LogP contribution is 2.25. The highest BCUT2D eigenvalue weighted by atomic mass is 16.5. The lowest BCUT2D eigenvalue weighted by Crippen LogP contribution is -2.45. The molecule has 0 amide bonds. The molecule has 2 atom stereocenters. The van der Waals surface area contributed by atoms with Crippen molar-refractivity contribution in [1.82, 2.24) is 5.32 Å². The van der Waals surface area contributed by atoms with Crippen molar-refractivity contribution in [3.05, 3.63) is 0 Å². The number of rotatable bonds is 8. The van der Waals surface area contributed by atoms with E-state index in [2.05, 4.69) is 39.9 Å². The zero-order valence-corrected chi connectivity index (χ0v) is 11.7. The Morgan fingerprint density at radius 1 is 1.25 bits per heavy atom. The van der Waals surface area contributed by atoms with E-state index in [1.807, 2.05) is 6.92 Å². The Balaban J connectivity index is 3.97. The first-order valence-electron chi connectivity index (χ1n) is 6.30. The zero-order chi connectivity index (χ0) is 12.8. The SMILES string of the molecule is CCOCC(C)NCC(C)(C)C(O)C(C)C. The fourth-order valence-electron chi connectivity index (χ4n) is 1.80. The van der Waals surface area contributed by atoms with Gasteiger partial charge in [0.1, 0.15) is 0 Å². The Morgan fingerprint density at radius 3 is 2.25 bits per heavy atom. The topological polar surface area (TPSA) is 41.5 Å². The summed E-state index contributed by atoms with van der Waals surface area (Å²) in [7, 11) is 0. The van der Waals surface area contributed by atoms with Crippen LogP contribution in [0.3, 0.4) is 0 Å². The second kappa shape index (κ2) is 7.25. The van der Waals surface area contributed by atoms with Crippen LogP contribution in [0.5, 0.6) is 0 Å². The molecule has 0 saturated carbocycles. The van der Waals surface area contributed by atoms with Crippen LogP contribution in [0.1, 0.15) is 41.5 Å². The van der Waals surface area contributed by atoms with Gasteiger partial charge in [-0.05, 0) is 19.8 Å². The average molecular weight is 231 g/mol. The molecule has 3 heteroatoms. The lowest BCUT2D eigenvalue weighted by Gasteiger charge is -2.34. The third-order valence-corrected chi connectivity index (χ3v) is 2.91. The predicted molar refractivity (Wildman–Crippen MR) is 68.6 cm³/mol. The fraction of sp³-hybridized carbons (Fsp3) is 1.00. The molecule has 0 rings (SSSR count). The van der Waals surface area contributed by atoms with Crippen molar-refractivity contribution < 1.29 is 9.84 Å². The third kappa shape index (κ3) is 5.83. The minimum Gasteiger partial charge on any atom is -0.392 e. The van der Waals surface area contributed by atoms with Crippen LogP contribution in [0.25, 0.3) is 0 Å². The quantitative estimate of drug-likeness (QED) is 0.672. The lowest BCUT2D eigenvalue weighted by molar-refractivity contribution is 0.0102. The Kier molecular flexibility index (Phi) is 7.20. The van der Waals surface area contributed by atoms with Gasteiger partial charge in [-0.3, -0.25) is 0 Å². The standard InChI is InChI=1S/C13H29NO2/c1-7-16-8-11(4)14-9-13(5,6)12(15)10(2)3/h10-12,14-15H,7-9H2,1-6H3. The molecule has 0 aromatic rings. The molecule has 0 heterocycles. The number of ether oxygens (including phenoxy) is 1. The van der Waals surface area contributed by atoms with Crippen molar-refractivity contribution in [2.45, 2.75) is 53.7 Å². The number of hydrogen-bond donors (Lipinski definition) is 2. The molecule has 2 unspecified atom stereocenters. The molecule has 0 bridgehead atoms. The first kappa shape index (κ1) is 15.9. The summed E-state index contributed by atoms with van der Waals surface area (Å²) in [5, 5.41) is 13.5. The van der Waals surface area contributed by atoms with Crippen molar-refractivity contribution >= 4 is 0 Å². The van der Waals surface area contributed by atoms with E-state index < -0.39 is 0 Å². The van der Waals surface area contributed by atoms with Crippen molar-refractivity contribution in [2.75, 3.05) is 19.8 Å². The van der Waals surface area contributed by atoms with Crippen molar-refractivity contribution in [1.29, 1.82) is 0 Å². The number of aliphatic hydroxyl groups is 1. The van der Waals surface area contributed by atoms with Crippen LogP contribution in [0.15, 0.2) is 0 Å². The molecule has 0 aliphatic carbocycles. The number of hydrogen-bond acceptors (Lipinski definition) is 3. The van der Waals surface area contributed by atoms with Crippen LogP contribution >= 0.6 is 0 Å². The van der Waals surface area contributed by atoms with Crippen molar-refractivity contribution in [2.24, 2.45) is 11.3 Å². The smallest absolute Gasteiger partial charge is 0.0626 e.